The van der Waals surface area contributed by atoms with Gasteiger partial charge in [-0.05, 0) is 63.3 Å². The standard InChI is InChI=1S/C17H26FNO/c1-5-9-19-16(17(20-4)7-6-8-17)15-13(3)10-12(2)11-14(15)18/h10-11,16,19H,5-9H2,1-4H3. The normalized spacial score (nSPS) is 18.6. The number of ether oxygens (including phenoxy) is 1. The van der Waals surface area contributed by atoms with Crippen molar-refractivity contribution in [1.29, 1.82) is 0 Å². The third-order valence-corrected chi connectivity index (χ3v) is 4.50. The number of hydrogen-bond acceptors (Lipinski definition) is 2. The van der Waals surface area contributed by atoms with E-state index in [1.807, 2.05) is 13.8 Å². The van der Waals surface area contributed by atoms with E-state index in [0.717, 1.165) is 48.9 Å². The molecule has 1 aliphatic carbocycles. The summed E-state index contributed by atoms with van der Waals surface area (Å²) in [4.78, 5) is 0. The summed E-state index contributed by atoms with van der Waals surface area (Å²) in [6.45, 7) is 6.93. The molecule has 0 heterocycles. The Labute approximate surface area is 121 Å². The van der Waals surface area contributed by atoms with Crippen LogP contribution in [-0.4, -0.2) is 19.3 Å². The van der Waals surface area contributed by atoms with Crippen molar-refractivity contribution in [1.82, 2.24) is 5.32 Å². The summed E-state index contributed by atoms with van der Waals surface area (Å²) in [6, 6.07) is 3.63. The first-order valence-electron chi connectivity index (χ1n) is 7.59. The molecule has 20 heavy (non-hydrogen) atoms. The first-order valence-corrected chi connectivity index (χ1v) is 7.59. The van der Waals surface area contributed by atoms with Gasteiger partial charge in [-0.2, -0.15) is 0 Å². The van der Waals surface area contributed by atoms with Gasteiger partial charge in [0, 0.05) is 12.7 Å². The van der Waals surface area contributed by atoms with Crippen LogP contribution in [0.2, 0.25) is 0 Å². The minimum atomic E-state index is -0.240. The molecule has 0 bridgehead atoms. The number of methoxy groups -OCH3 is 1. The Morgan fingerprint density at radius 1 is 1.35 bits per heavy atom. The molecule has 0 aliphatic heterocycles. The van der Waals surface area contributed by atoms with E-state index in [0.29, 0.717) is 0 Å². The molecule has 1 N–H and O–H groups in total. The molecule has 3 heteroatoms. The van der Waals surface area contributed by atoms with Crippen LogP contribution in [0.15, 0.2) is 12.1 Å². The van der Waals surface area contributed by atoms with Crippen molar-refractivity contribution in [3.8, 4) is 0 Å². The van der Waals surface area contributed by atoms with Gasteiger partial charge < -0.3 is 10.1 Å². The average molecular weight is 279 g/mol. The maximum absolute atomic E-state index is 14.5. The highest BCUT2D eigenvalue weighted by atomic mass is 19.1. The number of rotatable bonds is 6. The Morgan fingerprint density at radius 3 is 2.50 bits per heavy atom. The zero-order valence-corrected chi connectivity index (χ0v) is 13.1. The fourth-order valence-corrected chi connectivity index (χ4v) is 3.27. The van der Waals surface area contributed by atoms with Crippen LogP contribution in [0, 0.1) is 19.7 Å². The lowest BCUT2D eigenvalue weighted by atomic mass is 9.71. The van der Waals surface area contributed by atoms with Crippen LogP contribution in [0.1, 0.15) is 55.3 Å². The van der Waals surface area contributed by atoms with Gasteiger partial charge in [0.05, 0.1) is 11.6 Å². The zero-order chi connectivity index (χ0) is 14.8. The van der Waals surface area contributed by atoms with Crippen molar-refractivity contribution in [2.45, 2.75) is 58.1 Å². The predicted octanol–water partition coefficient (Wildman–Crippen LogP) is 4.05. The lowest BCUT2D eigenvalue weighted by molar-refractivity contribution is -0.100. The van der Waals surface area contributed by atoms with Crippen LogP contribution >= 0.6 is 0 Å². The second-order valence-electron chi connectivity index (χ2n) is 5.99. The first kappa shape index (κ1) is 15.5. The Balaban J connectivity index is 2.41. The minimum absolute atomic E-state index is 0.0539. The van der Waals surface area contributed by atoms with Gasteiger partial charge in [0.25, 0.3) is 0 Å². The first-order chi connectivity index (χ1) is 9.54. The Kier molecular flexibility index (Phi) is 4.82. The minimum Gasteiger partial charge on any atom is -0.376 e. The van der Waals surface area contributed by atoms with Crippen molar-refractivity contribution in [3.63, 3.8) is 0 Å². The Hall–Kier alpha value is -0.930. The maximum atomic E-state index is 14.5. The van der Waals surface area contributed by atoms with E-state index in [-0.39, 0.29) is 17.5 Å². The third kappa shape index (κ3) is 2.75. The lowest BCUT2D eigenvalue weighted by Gasteiger charge is -2.47. The molecule has 112 valence electrons. The van der Waals surface area contributed by atoms with E-state index in [1.165, 1.54) is 0 Å². The summed E-state index contributed by atoms with van der Waals surface area (Å²) in [5, 5.41) is 3.52. The molecule has 1 saturated carbocycles. The van der Waals surface area contributed by atoms with Crippen LogP contribution < -0.4 is 5.32 Å². The fraction of sp³-hybridized carbons (Fsp3) is 0.647. The number of halogens is 1. The fourth-order valence-electron chi connectivity index (χ4n) is 3.27. The third-order valence-electron chi connectivity index (χ3n) is 4.50. The van der Waals surface area contributed by atoms with E-state index in [1.54, 1.807) is 13.2 Å². The molecule has 0 radical (unpaired) electrons. The summed E-state index contributed by atoms with van der Waals surface area (Å²) < 4.78 is 20.3. The number of benzene rings is 1. The SMILES string of the molecule is CCCNC(c1c(C)cc(C)cc1F)C1(OC)CCC1. The molecule has 0 aromatic heterocycles. The van der Waals surface area contributed by atoms with Crippen LogP contribution in [0.4, 0.5) is 4.39 Å². The van der Waals surface area contributed by atoms with Crippen LogP contribution in [0.3, 0.4) is 0 Å². The van der Waals surface area contributed by atoms with Gasteiger partial charge in [-0.3, -0.25) is 0 Å². The van der Waals surface area contributed by atoms with Crippen LogP contribution in [-0.2, 0) is 4.74 Å². The molecule has 0 saturated heterocycles. The molecule has 1 aliphatic rings. The van der Waals surface area contributed by atoms with Gasteiger partial charge in [0.1, 0.15) is 5.82 Å². The van der Waals surface area contributed by atoms with Gasteiger partial charge in [-0.1, -0.05) is 13.0 Å². The van der Waals surface area contributed by atoms with Crippen molar-refractivity contribution < 1.29 is 9.13 Å². The van der Waals surface area contributed by atoms with Gasteiger partial charge in [0.15, 0.2) is 0 Å². The van der Waals surface area contributed by atoms with E-state index in [9.17, 15) is 4.39 Å². The highest BCUT2D eigenvalue weighted by molar-refractivity contribution is 5.36. The van der Waals surface area contributed by atoms with Crippen molar-refractivity contribution >= 4 is 0 Å². The highest BCUT2D eigenvalue weighted by Gasteiger charge is 2.46. The van der Waals surface area contributed by atoms with Crippen molar-refractivity contribution in [3.05, 3.63) is 34.6 Å². The smallest absolute Gasteiger partial charge is 0.128 e. The van der Waals surface area contributed by atoms with Gasteiger partial charge in [-0.25, -0.2) is 4.39 Å². The molecule has 0 spiro atoms. The van der Waals surface area contributed by atoms with E-state index < -0.39 is 0 Å². The lowest BCUT2D eigenvalue weighted by Crippen LogP contribution is -2.51. The second-order valence-corrected chi connectivity index (χ2v) is 5.99. The highest BCUT2D eigenvalue weighted by Crippen LogP contribution is 2.46. The summed E-state index contributed by atoms with van der Waals surface area (Å²) in [5.74, 6) is -0.112. The Bertz CT molecular complexity index is 440. The topological polar surface area (TPSA) is 21.3 Å². The molecule has 1 aromatic rings. The quantitative estimate of drug-likeness (QED) is 0.848. The maximum Gasteiger partial charge on any atom is 0.128 e. The number of aryl methyl sites for hydroxylation is 2. The van der Waals surface area contributed by atoms with Crippen LogP contribution in [0.25, 0.3) is 0 Å². The van der Waals surface area contributed by atoms with Crippen LogP contribution in [0.5, 0.6) is 0 Å². The molecule has 0 amide bonds. The van der Waals surface area contributed by atoms with Crippen molar-refractivity contribution in [2.24, 2.45) is 0 Å². The van der Waals surface area contributed by atoms with E-state index >= 15 is 0 Å². The van der Waals surface area contributed by atoms with Gasteiger partial charge >= 0.3 is 0 Å². The summed E-state index contributed by atoms with van der Waals surface area (Å²) in [6.07, 6.45) is 4.18. The Morgan fingerprint density at radius 2 is 2.05 bits per heavy atom. The molecule has 1 unspecified atom stereocenters. The van der Waals surface area contributed by atoms with E-state index in [4.69, 9.17) is 4.74 Å². The summed E-state index contributed by atoms with van der Waals surface area (Å²) in [7, 11) is 1.75. The van der Waals surface area contributed by atoms with Gasteiger partial charge in [0.2, 0.25) is 0 Å². The zero-order valence-electron chi connectivity index (χ0n) is 13.1. The molecule has 2 nitrogen and oxygen atoms in total. The molecule has 1 aromatic carbocycles. The molecule has 1 fully saturated rings. The molecular formula is C17H26FNO. The van der Waals surface area contributed by atoms with Crippen molar-refractivity contribution in [2.75, 3.05) is 13.7 Å². The summed E-state index contributed by atoms with van der Waals surface area (Å²) >= 11 is 0. The van der Waals surface area contributed by atoms with Gasteiger partial charge in [-0.15, -0.1) is 0 Å². The number of nitrogens with one attached hydrogen (secondary N) is 1. The largest absolute Gasteiger partial charge is 0.376 e. The second kappa shape index (κ2) is 6.23. The average Bonchev–Trinajstić information content (AvgIpc) is 2.33. The van der Waals surface area contributed by atoms with E-state index in [2.05, 4.69) is 18.3 Å². The molecule has 2 rings (SSSR count). The molecular weight excluding hydrogens is 253 g/mol. The monoisotopic (exact) mass is 279 g/mol. The summed E-state index contributed by atoms with van der Waals surface area (Å²) in [5.41, 5.74) is 2.53. The molecule has 1 atom stereocenters. The predicted molar refractivity (Wildman–Crippen MR) is 80.5 cm³/mol. The number of hydrogen-bond donors (Lipinski definition) is 1.